The van der Waals surface area contributed by atoms with Crippen LogP contribution in [0.25, 0.3) is 0 Å². The first-order valence-electron chi connectivity index (χ1n) is 3.16. The van der Waals surface area contributed by atoms with Gasteiger partial charge in [0.05, 0.1) is 5.70 Å². The number of likely N-dealkylation sites (N-methyl/N-ethyl adjacent to an activating group) is 1. The van der Waals surface area contributed by atoms with Crippen LogP contribution in [-0.2, 0) is 0 Å². The van der Waals surface area contributed by atoms with Gasteiger partial charge in [0.25, 0.3) is 0 Å². The monoisotopic (exact) mass is 138 g/mol. The van der Waals surface area contributed by atoms with E-state index in [1.54, 1.807) is 13.1 Å². The van der Waals surface area contributed by atoms with Gasteiger partial charge in [-0.1, -0.05) is 18.7 Å². The highest BCUT2D eigenvalue weighted by atomic mass is 15.4. The molecule has 2 heteroatoms. The molecule has 0 aliphatic carbocycles. The fourth-order valence-corrected chi connectivity index (χ4v) is 0.524. The van der Waals surface area contributed by atoms with Crippen LogP contribution in [-0.4, -0.2) is 12.1 Å². The number of nitrogens with two attached hydrogens (primary N) is 1. The van der Waals surface area contributed by atoms with E-state index in [1.807, 2.05) is 25.2 Å². The van der Waals surface area contributed by atoms with Gasteiger partial charge in [-0.3, -0.25) is 0 Å². The van der Waals surface area contributed by atoms with E-state index >= 15 is 0 Å². The Hall–Kier alpha value is -1.02. The minimum atomic E-state index is 0.901. The quantitative estimate of drug-likeness (QED) is 0.363. The molecule has 0 heterocycles. The van der Waals surface area contributed by atoms with Crippen molar-refractivity contribution in [2.45, 2.75) is 6.92 Å². The number of allylic oxidation sites excluding steroid dienone is 4. The normalized spacial score (nSPS) is 12.1. The predicted molar refractivity (Wildman–Crippen MR) is 45.0 cm³/mol. The molecule has 0 aromatic rings. The van der Waals surface area contributed by atoms with Crippen LogP contribution in [0.15, 0.2) is 36.6 Å². The van der Waals surface area contributed by atoms with E-state index in [0.29, 0.717) is 0 Å². The third-order valence-corrected chi connectivity index (χ3v) is 1.08. The Morgan fingerprint density at radius 2 is 2.20 bits per heavy atom. The maximum absolute atomic E-state index is 5.45. The van der Waals surface area contributed by atoms with Crippen LogP contribution < -0.4 is 5.84 Å². The maximum atomic E-state index is 5.45. The zero-order chi connectivity index (χ0) is 7.98. The molecule has 0 fully saturated rings. The summed E-state index contributed by atoms with van der Waals surface area (Å²) in [6.07, 6.45) is 7.46. The fraction of sp³-hybridized carbons (Fsp3) is 0.250. The summed E-state index contributed by atoms with van der Waals surface area (Å²) >= 11 is 0. The highest BCUT2D eigenvalue weighted by molar-refractivity contribution is 5.19. The van der Waals surface area contributed by atoms with Gasteiger partial charge in [-0.25, -0.2) is 5.84 Å². The zero-order valence-corrected chi connectivity index (χ0v) is 6.54. The molecule has 0 unspecified atom stereocenters. The zero-order valence-electron chi connectivity index (χ0n) is 6.54. The van der Waals surface area contributed by atoms with Crippen molar-refractivity contribution in [1.29, 1.82) is 0 Å². The van der Waals surface area contributed by atoms with E-state index in [9.17, 15) is 0 Å². The number of nitrogens with zero attached hydrogens (tertiary/aromatic N) is 1. The van der Waals surface area contributed by atoms with Crippen molar-refractivity contribution in [2.75, 3.05) is 7.05 Å². The van der Waals surface area contributed by atoms with Crippen LogP contribution in [0.3, 0.4) is 0 Å². The lowest BCUT2D eigenvalue weighted by Gasteiger charge is -2.11. The minimum Gasteiger partial charge on any atom is -0.314 e. The van der Waals surface area contributed by atoms with E-state index in [2.05, 4.69) is 6.58 Å². The molecule has 0 aliphatic heterocycles. The summed E-state index contributed by atoms with van der Waals surface area (Å²) < 4.78 is 0. The number of rotatable bonds is 3. The van der Waals surface area contributed by atoms with Gasteiger partial charge in [-0.05, 0) is 19.1 Å². The first kappa shape index (κ1) is 8.98. The van der Waals surface area contributed by atoms with Crippen molar-refractivity contribution < 1.29 is 0 Å². The van der Waals surface area contributed by atoms with Crippen molar-refractivity contribution in [3.63, 3.8) is 0 Å². The average Bonchev–Trinajstić information content (AvgIpc) is 1.89. The van der Waals surface area contributed by atoms with Gasteiger partial charge >= 0.3 is 0 Å². The Kier molecular flexibility index (Phi) is 4.33. The second-order valence-corrected chi connectivity index (χ2v) is 1.93. The largest absolute Gasteiger partial charge is 0.314 e. The number of hydrazine groups is 1. The molecule has 56 valence electrons. The molecule has 0 aliphatic rings. The first-order valence-corrected chi connectivity index (χ1v) is 3.16. The van der Waals surface area contributed by atoms with Gasteiger partial charge in [0.2, 0.25) is 0 Å². The number of hydrogen-bond acceptors (Lipinski definition) is 2. The standard InChI is InChI=1S/C8H14N2/c1-4-6-7-8(5-2)10(3)9/h4-7H,2,9H2,1,3H3/b6-4-,8-7+. The summed E-state index contributed by atoms with van der Waals surface area (Å²) in [4.78, 5) is 0. The highest BCUT2D eigenvalue weighted by Gasteiger charge is 1.88. The molecule has 0 spiro atoms. The Balaban J connectivity index is 4.18. The van der Waals surface area contributed by atoms with Crippen molar-refractivity contribution in [1.82, 2.24) is 5.01 Å². The van der Waals surface area contributed by atoms with E-state index in [4.69, 9.17) is 5.84 Å². The van der Waals surface area contributed by atoms with Crippen molar-refractivity contribution >= 4 is 0 Å². The van der Waals surface area contributed by atoms with Crippen molar-refractivity contribution in [3.05, 3.63) is 36.6 Å². The molecule has 0 saturated carbocycles. The van der Waals surface area contributed by atoms with Gasteiger partial charge in [0, 0.05) is 7.05 Å². The fourth-order valence-electron chi connectivity index (χ4n) is 0.524. The summed E-state index contributed by atoms with van der Waals surface area (Å²) in [6.45, 7) is 5.56. The molecule has 0 aromatic heterocycles. The second-order valence-electron chi connectivity index (χ2n) is 1.93. The van der Waals surface area contributed by atoms with Crippen LogP contribution in [0.5, 0.6) is 0 Å². The lowest BCUT2D eigenvalue weighted by atomic mass is 10.3. The third-order valence-electron chi connectivity index (χ3n) is 1.08. The maximum Gasteiger partial charge on any atom is 0.0507 e. The molecule has 2 nitrogen and oxygen atoms in total. The van der Waals surface area contributed by atoms with Crippen LogP contribution in [0, 0.1) is 0 Å². The Morgan fingerprint density at radius 3 is 2.50 bits per heavy atom. The third kappa shape index (κ3) is 3.10. The molecule has 0 atom stereocenters. The summed E-state index contributed by atoms with van der Waals surface area (Å²) in [6, 6.07) is 0. The van der Waals surface area contributed by atoms with Gasteiger partial charge < -0.3 is 5.01 Å². The summed E-state index contributed by atoms with van der Waals surface area (Å²) in [5, 5.41) is 1.52. The molecular formula is C8H14N2. The second kappa shape index (κ2) is 4.82. The summed E-state index contributed by atoms with van der Waals surface area (Å²) in [5.74, 6) is 5.45. The Bertz CT molecular complexity index is 155. The minimum absolute atomic E-state index is 0.901. The summed E-state index contributed by atoms with van der Waals surface area (Å²) in [7, 11) is 1.77. The van der Waals surface area contributed by atoms with Crippen LogP contribution in [0.4, 0.5) is 0 Å². The van der Waals surface area contributed by atoms with Crippen LogP contribution >= 0.6 is 0 Å². The molecule has 10 heavy (non-hydrogen) atoms. The van der Waals surface area contributed by atoms with E-state index in [1.165, 1.54) is 5.01 Å². The van der Waals surface area contributed by atoms with Gasteiger partial charge in [0.1, 0.15) is 0 Å². The average molecular weight is 138 g/mol. The molecule has 0 amide bonds. The molecule has 0 aromatic carbocycles. The number of hydrogen-bond donors (Lipinski definition) is 1. The molecule has 0 radical (unpaired) electrons. The lowest BCUT2D eigenvalue weighted by molar-refractivity contribution is 0.456. The van der Waals surface area contributed by atoms with E-state index in [0.717, 1.165) is 5.70 Å². The topological polar surface area (TPSA) is 29.3 Å². The molecule has 0 bridgehead atoms. The molecule has 0 rings (SSSR count). The lowest BCUT2D eigenvalue weighted by Crippen LogP contribution is -2.23. The molecule has 2 N–H and O–H groups in total. The smallest absolute Gasteiger partial charge is 0.0507 e. The van der Waals surface area contributed by atoms with Crippen LogP contribution in [0.1, 0.15) is 6.92 Å². The first-order chi connectivity index (χ1) is 4.72. The van der Waals surface area contributed by atoms with E-state index in [-0.39, 0.29) is 0 Å². The molecule has 0 saturated heterocycles. The van der Waals surface area contributed by atoms with Gasteiger partial charge in [-0.2, -0.15) is 0 Å². The SMILES string of the molecule is C=C/C(=C\C=C/C)N(C)N. The Labute approximate surface area is 62.3 Å². The predicted octanol–water partition coefficient (Wildman–Crippen LogP) is 1.44. The van der Waals surface area contributed by atoms with Crippen LogP contribution in [0.2, 0.25) is 0 Å². The van der Waals surface area contributed by atoms with Gasteiger partial charge in [0.15, 0.2) is 0 Å². The highest BCUT2D eigenvalue weighted by Crippen LogP contribution is 1.96. The van der Waals surface area contributed by atoms with E-state index < -0.39 is 0 Å². The van der Waals surface area contributed by atoms with Gasteiger partial charge in [-0.15, -0.1) is 0 Å². The van der Waals surface area contributed by atoms with Crippen molar-refractivity contribution in [2.24, 2.45) is 5.84 Å². The summed E-state index contributed by atoms with van der Waals surface area (Å²) in [5.41, 5.74) is 0.901. The Morgan fingerprint density at radius 1 is 1.60 bits per heavy atom. The molecular weight excluding hydrogens is 124 g/mol. The van der Waals surface area contributed by atoms with Crippen molar-refractivity contribution in [3.8, 4) is 0 Å².